The van der Waals surface area contributed by atoms with Crippen LogP contribution < -0.4 is 5.32 Å². The molecule has 156 valence electrons. The number of carbonyl (C=O) groups excluding carboxylic acids is 1. The van der Waals surface area contributed by atoms with Gasteiger partial charge in [-0.15, -0.1) is 11.8 Å². The maximum atomic E-state index is 13.0. The number of hydrogen-bond acceptors (Lipinski definition) is 5. The summed E-state index contributed by atoms with van der Waals surface area (Å²) in [5.74, 6) is 0.587. The molecular weight excluding hydrogens is 408 g/mol. The molecule has 0 aromatic heterocycles. The van der Waals surface area contributed by atoms with Crippen LogP contribution in [-0.2, 0) is 25.3 Å². The lowest BCUT2D eigenvalue weighted by atomic mass is 10.2. The standard InChI is InChI=1S/C21H26N2O4S2/c1-16-8-9-19(14-20(16)29(25,26)23-10-12-27-13-11-23)22-21(24)17(2)28-15-18-6-4-3-5-7-18/h3-9,14,17H,10-13,15H2,1-2H3,(H,22,24). The number of nitrogens with zero attached hydrogens (tertiary/aromatic N) is 1. The molecule has 1 saturated heterocycles. The van der Waals surface area contributed by atoms with E-state index in [0.717, 1.165) is 11.3 Å². The van der Waals surface area contributed by atoms with Crippen molar-refractivity contribution in [1.82, 2.24) is 4.31 Å². The van der Waals surface area contributed by atoms with Crippen molar-refractivity contribution in [1.29, 1.82) is 0 Å². The monoisotopic (exact) mass is 434 g/mol. The zero-order chi connectivity index (χ0) is 20.9. The summed E-state index contributed by atoms with van der Waals surface area (Å²) in [6.07, 6.45) is 0. The van der Waals surface area contributed by atoms with Gasteiger partial charge in [0.2, 0.25) is 15.9 Å². The average Bonchev–Trinajstić information content (AvgIpc) is 2.74. The maximum Gasteiger partial charge on any atom is 0.243 e. The van der Waals surface area contributed by atoms with Gasteiger partial charge >= 0.3 is 0 Å². The van der Waals surface area contributed by atoms with E-state index < -0.39 is 10.0 Å². The molecule has 1 aliphatic heterocycles. The van der Waals surface area contributed by atoms with E-state index in [-0.39, 0.29) is 16.1 Å². The summed E-state index contributed by atoms with van der Waals surface area (Å²) in [6.45, 7) is 5.08. The quantitative estimate of drug-likeness (QED) is 0.724. The molecule has 0 radical (unpaired) electrons. The van der Waals surface area contributed by atoms with Crippen LogP contribution in [0.2, 0.25) is 0 Å². The van der Waals surface area contributed by atoms with Crippen molar-refractivity contribution >= 4 is 33.4 Å². The number of aryl methyl sites for hydroxylation is 1. The van der Waals surface area contributed by atoms with Gasteiger partial charge in [0, 0.05) is 24.5 Å². The van der Waals surface area contributed by atoms with Gasteiger partial charge in [-0.05, 0) is 37.1 Å². The zero-order valence-electron chi connectivity index (χ0n) is 16.6. The highest BCUT2D eigenvalue weighted by Gasteiger charge is 2.28. The highest BCUT2D eigenvalue weighted by molar-refractivity contribution is 7.99. The molecule has 0 aliphatic carbocycles. The van der Waals surface area contributed by atoms with Crippen LogP contribution in [0.15, 0.2) is 53.4 Å². The van der Waals surface area contributed by atoms with Crippen LogP contribution in [0.5, 0.6) is 0 Å². The number of morpholine rings is 1. The van der Waals surface area contributed by atoms with E-state index in [1.54, 1.807) is 36.9 Å². The molecular formula is C21H26N2O4S2. The Bertz CT molecular complexity index is 942. The van der Waals surface area contributed by atoms with Crippen LogP contribution in [-0.4, -0.2) is 50.2 Å². The van der Waals surface area contributed by atoms with Crippen LogP contribution in [0.4, 0.5) is 5.69 Å². The van der Waals surface area contributed by atoms with Gasteiger partial charge in [0.1, 0.15) is 0 Å². The topological polar surface area (TPSA) is 75.7 Å². The predicted molar refractivity (Wildman–Crippen MR) is 117 cm³/mol. The summed E-state index contributed by atoms with van der Waals surface area (Å²) in [4.78, 5) is 12.8. The zero-order valence-corrected chi connectivity index (χ0v) is 18.3. The fourth-order valence-electron chi connectivity index (χ4n) is 3.00. The molecule has 6 nitrogen and oxygen atoms in total. The van der Waals surface area contributed by atoms with Crippen LogP contribution in [0.3, 0.4) is 0 Å². The molecule has 1 heterocycles. The molecule has 1 N–H and O–H groups in total. The Labute approximate surface area is 176 Å². The Balaban J connectivity index is 1.68. The predicted octanol–water partition coefficient (Wildman–Crippen LogP) is 3.28. The first-order valence-corrected chi connectivity index (χ1v) is 12.0. The number of carbonyl (C=O) groups is 1. The number of benzene rings is 2. The molecule has 0 saturated carbocycles. The SMILES string of the molecule is Cc1ccc(NC(=O)C(C)SCc2ccccc2)cc1S(=O)(=O)N1CCOCC1. The third-order valence-corrected chi connectivity index (χ3v) is 8.01. The highest BCUT2D eigenvalue weighted by atomic mass is 32.2. The second-order valence-corrected chi connectivity index (χ2v) is 10.2. The Morgan fingerprint density at radius 2 is 1.86 bits per heavy atom. The first kappa shape index (κ1) is 21.8. The lowest BCUT2D eigenvalue weighted by molar-refractivity contribution is -0.115. The third-order valence-electron chi connectivity index (χ3n) is 4.76. The van der Waals surface area contributed by atoms with Gasteiger partial charge in [0.05, 0.1) is 23.4 Å². The number of ether oxygens (including phenoxy) is 1. The molecule has 1 atom stereocenters. The Morgan fingerprint density at radius 3 is 2.55 bits per heavy atom. The van der Waals surface area contributed by atoms with Gasteiger partial charge in [-0.1, -0.05) is 36.4 Å². The summed E-state index contributed by atoms with van der Waals surface area (Å²) in [5.41, 5.74) is 2.30. The molecule has 3 rings (SSSR count). The van der Waals surface area contributed by atoms with Gasteiger partial charge in [-0.2, -0.15) is 4.31 Å². The van der Waals surface area contributed by atoms with Gasteiger partial charge in [0.15, 0.2) is 0 Å². The first-order chi connectivity index (χ1) is 13.9. The molecule has 1 fully saturated rings. The summed E-state index contributed by atoms with van der Waals surface area (Å²) in [5, 5.41) is 2.59. The van der Waals surface area contributed by atoms with Gasteiger partial charge in [0.25, 0.3) is 0 Å². The van der Waals surface area contributed by atoms with Crippen LogP contribution in [0.25, 0.3) is 0 Å². The maximum absolute atomic E-state index is 13.0. The van der Waals surface area contributed by atoms with Gasteiger partial charge < -0.3 is 10.1 Å². The number of nitrogens with one attached hydrogen (secondary N) is 1. The minimum absolute atomic E-state index is 0.149. The van der Waals surface area contributed by atoms with Gasteiger partial charge in [-0.25, -0.2) is 8.42 Å². The highest BCUT2D eigenvalue weighted by Crippen LogP contribution is 2.25. The van der Waals surface area contributed by atoms with Crippen molar-refractivity contribution in [2.45, 2.75) is 29.7 Å². The van der Waals surface area contributed by atoms with Crippen molar-refractivity contribution < 1.29 is 17.9 Å². The fraction of sp³-hybridized carbons (Fsp3) is 0.381. The molecule has 8 heteroatoms. The second-order valence-electron chi connectivity index (χ2n) is 6.92. The summed E-state index contributed by atoms with van der Waals surface area (Å²) >= 11 is 1.54. The average molecular weight is 435 g/mol. The number of sulfonamides is 1. The minimum atomic E-state index is -3.62. The largest absolute Gasteiger partial charge is 0.379 e. The molecule has 29 heavy (non-hydrogen) atoms. The number of thioether (sulfide) groups is 1. The third kappa shape index (κ3) is 5.60. The van der Waals surface area contributed by atoms with Crippen molar-refractivity contribution in [3.05, 3.63) is 59.7 Å². The van der Waals surface area contributed by atoms with Crippen molar-refractivity contribution in [2.24, 2.45) is 0 Å². The van der Waals surface area contributed by atoms with Gasteiger partial charge in [-0.3, -0.25) is 4.79 Å². The van der Waals surface area contributed by atoms with Crippen LogP contribution in [0.1, 0.15) is 18.1 Å². The Kier molecular flexibility index (Phi) is 7.34. The molecule has 1 aliphatic rings. The van der Waals surface area contributed by atoms with Crippen molar-refractivity contribution in [3.8, 4) is 0 Å². The number of hydrogen-bond donors (Lipinski definition) is 1. The first-order valence-electron chi connectivity index (χ1n) is 9.53. The van der Waals surface area contributed by atoms with E-state index in [1.807, 2.05) is 37.3 Å². The molecule has 0 bridgehead atoms. The van der Waals surface area contributed by atoms with E-state index in [9.17, 15) is 13.2 Å². The number of amides is 1. The molecule has 0 spiro atoms. The molecule has 1 unspecified atom stereocenters. The Morgan fingerprint density at radius 1 is 1.17 bits per heavy atom. The summed E-state index contributed by atoms with van der Waals surface area (Å²) < 4.78 is 32.7. The minimum Gasteiger partial charge on any atom is -0.379 e. The summed E-state index contributed by atoms with van der Waals surface area (Å²) in [6, 6.07) is 15.0. The molecule has 2 aromatic carbocycles. The summed E-state index contributed by atoms with van der Waals surface area (Å²) in [7, 11) is -3.62. The van der Waals surface area contributed by atoms with Crippen LogP contribution >= 0.6 is 11.8 Å². The van der Waals surface area contributed by atoms with Crippen molar-refractivity contribution in [2.75, 3.05) is 31.6 Å². The van der Waals surface area contributed by atoms with E-state index in [4.69, 9.17) is 4.74 Å². The van der Waals surface area contributed by atoms with E-state index in [0.29, 0.717) is 37.6 Å². The van der Waals surface area contributed by atoms with E-state index in [2.05, 4.69) is 5.32 Å². The number of rotatable bonds is 7. The Hall–Kier alpha value is -1.87. The smallest absolute Gasteiger partial charge is 0.243 e. The molecule has 1 amide bonds. The van der Waals surface area contributed by atoms with E-state index >= 15 is 0 Å². The van der Waals surface area contributed by atoms with Crippen LogP contribution in [0, 0.1) is 6.92 Å². The van der Waals surface area contributed by atoms with E-state index in [1.165, 1.54) is 4.31 Å². The fourth-order valence-corrected chi connectivity index (χ4v) is 5.50. The lowest BCUT2D eigenvalue weighted by Gasteiger charge is -2.27. The number of anilines is 1. The second kappa shape index (κ2) is 9.75. The normalized spacial score (nSPS) is 16.3. The lowest BCUT2D eigenvalue weighted by Crippen LogP contribution is -2.40. The van der Waals surface area contributed by atoms with Crippen molar-refractivity contribution in [3.63, 3.8) is 0 Å². The molecule has 2 aromatic rings.